The van der Waals surface area contributed by atoms with Gasteiger partial charge in [-0.1, -0.05) is 13.8 Å². The minimum absolute atomic E-state index is 0.0929. The molecule has 0 saturated carbocycles. The van der Waals surface area contributed by atoms with Crippen molar-refractivity contribution in [2.45, 2.75) is 45.7 Å². The van der Waals surface area contributed by atoms with Crippen LogP contribution >= 0.6 is 11.3 Å². The molecule has 0 bridgehead atoms. The molecule has 1 aliphatic heterocycles. The van der Waals surface area contributed by atoms with Gasteiger partial charge in [-0.25, -0.2) is 9.78 Å². The van der Waals surface area contributed by atoms with Crippen molar-refractivity contribution < 1.29 is 9.59 Å². The maximum absolute atomic E-state index is 12.3. The summed E-state index contributed by atoms with van der Waals surface area (Å²) in [4.78, 5) is 31.1. The average Bonchev–Trinajstić information content (AvgIpc) is 3.12. The molecule has 22 heavy (non-hydrogen) atoms. The number of carbonyl (C=O) groups excluding carboxylic acids is 2. The predicted molar refractivity (Wildman–Crippen MR) is 86.7 cm³/mol. The van der Waals surface area contributed by atoms with E-state index in [0.29, 0.717) is 19.0 Å². The van der Waals surface area contributed by atoms with Crippen LogP contribution in [0.15, 0.2) is 6.20 Å². The van der Waals surface area contributed by atoms with Crippen molar-refractivity contribution in [3.63, 3.8) is 0 Å². The van der Waals surface area contributed by atoms with Gasteiger partial charge in [-0.3, -0.25) is 4.79 Å². The van der Waals surface area contributed by atoms with E-state index in [-0.39, 0.29) is 18.0 Å². The largest absolute Gasteiger partial charge is 0.357 e. The molecule has 0 aliphatic carbocycles. The molecule has 122 valence electrons. The Kier molecular flexibility index (Phi) is 5.76. The smallest absolute Gasteiger partial charge is 0.318 e. The molecule has 6 nitrogen and oxygen atoms in total. The fraction of sp³-hybridized carbons (Fsp3) is 0.667. The number of urea groups is 1. The number of aromatic nitrogens is 1. The first-order valence-corrected chi connectivity index (χ1v) is 8.52. The summed E-state index contributed by atoms with van der Waals surface area (Å²) in [7, 11) is 1.60. The number of hydrogen-bond donors (Lipinski definition) is 2. The summed E-state index contributed by atoms with van der Waals surface area (Å²) in [5, 5.41) is 6.61. The molecule has 2 rings (SSSR count). The Labute approximate surface area is 135 Å². The van der Waals surface area contributed by atoms with Crippen molar-refractivity contribution in [1.82, 2.24) is 20.5 Å². The van der Waals surface area contributed by atoms with E-state index < -0.39 is 0 Å². The highest BCUT2D eigenvalue weighted by molar-refractivity contribution is 7.11. The van der Waals surface area contributed by atoms with Crippen LogP contribution in [0.2, 0.25) is 0 Å². The zero-order valence-corrected chi connectivity index (χ0v) is 14.2. The fourth-order valence-electron chi connectivity index (χ4n) is 2.59. The van der Waals surface area contributed by atoms with Gasteiger partial charge >= 0.3 is 6.03 Å². The lowest BCUT2D eigenvalue weighted by molar-refractivity contribution is -0.124. The highest BCUT2D eigenvalue weighted by Gasteiger charge is 2.33. The summed E-state index contributed by atoms with van der Waals surface area (Å²) < 4.78 is 0. The Morgan fingerprint density at radius 1 is 1.50 bits per heavy atom. The number of nitrogens with one attached hydrogen (secondary N) is 2. The van der Waals surface area contributed by atoms with E-state index in [1.165, 1.54) is 0 Å². The number of hydrogen-bond acceptors (Lipinski definition) is 4. The lowest BCUT2D eigenvalue weighted by atomic mass is 10.1. The number of carbonyl (C=O) groups is 2. The van der Waals surface area contributed by atoms with Crippen LogP contribution in [0.5, 0.6) is 0 Å². The van der Waals surface area contributed by atoms with Gasteiger partial charge in [0.05, 0.1) is 11.6 Å². The SMILES string of the molecule is CNC(=O)[C@@H]1CCCN1C(=O)NCc1cnc(CC(C)C)s1. The van der Waals surface area contributed by atoms with Crippen molar-refractivity contribution in [1.29, 1.82) is 0 Å². The van der Waals surface area contributed by atoms with Crippen LogP contribution < -0.4 is 10.6 Å². The van der Waals surface area contributed by atoms with E-state index in [1.807, 2.05) is 6.20 Å². The van der Waals surface area contributed by atoms with Crippen molar-refractivity contribution in [3.05, 3.63) is 16.1 Å². The van der Waals surface area contributed by atoms with Crippen molar-refractivity contribution >= 4 is 23.3 Å². The van der Waals surface area contributed by atoms with Crippen LogP contribution in [0.25, 0.3) is 0 Å². The van der Waals surface area contributed by atoms with E-state index in [9.17, 15) is 9.59 Å². The lowest BCUT2D eigenvalue weighted by Gasteiger charge is -2.23. The standard InChI is InChI=1S/C15H24N4O2S/c1-10(2)7-13-17-8-11(22-13)9-18-15(21)19-6-4-5-12(19)14(20)16-3/h8,10,12H,4-7,9H2,1-3H3,(H,16,20)(H,18,21)/t12-/m0/s1. The molecule has 1 aromatic rings. The second-order valence-corrected chi connectivity index (χ2v) is 7.14. The summed E-state index contributed by atoms with van der Waals surface area (Å²) in [6.45, 7) is 5.42. The molecular weight excluding hydrogens is 300 g/mol. The molecule has 1 atom stereocenters. The van der Waals surface area contributed by atoms with E-state index in [2.05, 4.69) is 29.5 Å². The third kappa shape index (κ3) is 4.19. The van der Waals surface area contributed by atoms with Gasteiger partial charge in [0.25, 0.3) is 0 Å². The van der Waals surface area contributed by atoms with Crippen LogP contribution in [0, 0.1) is 5.92 Å². The Hall–Kier alpha value is -1.63. The summed E-state index contributed by atoms with van der Waals surface area (Å²) >= 11 is 1.63. The molecule has 3 amide bonds. The Morgan fingerprint density at radius 3 is 2.95 bits per heavy atom. The van der Waals surface area contributed by atoms with E-state index in [4.69, 9.17) is 0 Å². The first kappa shape index (κ1) is 16.7. The van der Waals surface area contributed by atoms with Gasteiger partial charge in [-0.05, 0) is 18.8 Å². The molecule has 1 fully saturated rings. The first-order valence-electron chi connectivity index (χ1n) is 7.71. The number of likely N-dealkylation sites (tertiary alicyclic amines) is 1. The molecule has 0 spiro atoms. The lowest BCUT2D eigenvalue weighted by Crippen LogP contribution is -2.48. The van der Waals surface area contributed by atoms with Gasteiger partial charge in [0.15, 0.2) is 0 Å². The van der Waals surface area contributed by atoms with E-state index >= 15 is 0 Å². The molecule has 2 N–H and O–H groups in total. The van der Waals surface area contributed by atoms with Crippen molar-refractivity contribution in [3.8, 4) is 0 Å². The Balaban J connectivity index is 1.87. The number of rotatable bonds is 5. The predicted octanol–water partition coefficient (Wildman–Crippen LogP) is 1.76. The number of nitrogens with zero attached hydrogens (tertiary/aromatic N) is 2. The van der Waals surface area contributed by atoms with Crippen LogP contribution in [0.3, 0.4) is 0 Å². The summed E-state index contributed by atoms with van der Waals surface area (Å²) in [6, 6.07) is -0.520. The molecule has 0 radical (unpaired) electrons. The van der Waals surface area contributed by atoms with Crippen LogP contribution in [-0.4, -0.2) is 41.5 Å². The normalized spacial score (nSPS) is 17.8. The monoisotopic (exact) mass is 324 g/mol. The van der Waals surface area contributed by atoms with Crippen LogP contribution in [0.1, 0.15) is 36.6 Å². The zero-order chi connectivity index (χ0) is 16.1. The van der Waals surface area contributed by atoms with E-state index in [1.54, 1.807) is 23.3 Å². The quantitative estimate of drug-likeness (QED) is 0.867. The Morgan fingerprint density at radius 2 is 2.27 bits per heavy atom. The number of thiazole rings is 1. The fourth-order valence-corrected chi connectivity index (χ4v) is 3.66. The molecule has 0 unspecified atom stereocenters. The second-order valence-electron chi connectivity index (χ2n) is 5.94. The first-order chi connectivity index (χ1) is 10.5. The molecular formula is C15H24N4O2S. The summed E-state index contributed by atoms with van der Waals surface area (Å²) in [5.41, 5.74) is 0. The molecule has 1 aromatic heterocycles. The van der Waals surface area contributed by atoms with Crippen molar-refractivity contribution in [2.24, 2.45) is 5.92 Å². The Bertz CT molecular complexity index is 529. The van der Waals surface area contributed by atoms with Gasteiger partial charge in [0.2, 0.25) is 5.91 Å². The topological polar surface area (TPSA) is 74.3 Å². The second kappa shape index (κ2) is 7.58. The third-order valence-electron chi connectivity index (χ3n) is 3.66. The van der Waals surface area contributed by atoms with E-state index in [0.717, 1.165) is 29.1 Å². The zero-order valence-electron chi connectivity index (χ0n) is 13.4. The molecule has 1 aliphatic rings. The highest BCUT2D eigenvalue weighted by Crippen LogP contribution is 2.19. The van der Waals surface area contributed by atoms with Gasteiger partial charge in [-0.15, -0.1) is 11.3 Å². The number of likely N-dealkylation sites (N-methyl/N-ethyl adjacent to an activating group) is 1. The van der Waals surface area contributed by atoms with Crippen LogP contribution in [0.4, 0.5) is 4.79 Å². The van der Waals surface area contributed by atoms with Crippen LogP contribution in [-0.2, 0) is 17.8 Å². The molecule has 2 heterocycles. The minimum atomic E-state index is -0.344. The maximum Gasteiger partial charge on any atom is 0.318 e. The molecule has 1 saturated heterocycles. The van der Waals surface area contributed by atoms with Gasteiger partial charge in [0, 0.05) is 31.1 Å². The molecule has 7 heteroatoms. The van der Waals surface area contributed by atoms with Gasteiger partial charge in [0.1, 0.15) is 6.04 Å². The van der Waals surface area contributed by atoms with Gasteiger partial charge in [-0.2, -0.15) is 0 Å². The highest BCUT2D eigenvalue weighted by atomic mass is 32.1. The molecule has 0 aromatic carbocycles. The number of amides is 3. The summed E-state index contributed by atoms with van der Waals surface area (Å²) in [5.74, 6) is 0.483. The summed E-state index contributed by atoms with van der Waals surface area (Å²) in [6.07, 6.45) is 4.38. The average molecular weight is 324 g/mol. The third-order valence-corrected chi connectivity index (χ3v) is 4.68. The maximum atomic E-state index is 12.3. The van der Waals surface area contributed by atoms with Gasteiger partial charge < -0.3 is 15.5 Å². The minimum Gasteiger partial charge on any atom is -0.357 e. The van der Waals surface area contributed by atoms with Crippen molar-refractivity contribution in [2.75, 3.05) is 13.6 Å².